The molecule has 0 saturated heterocycles. The smallest absolute Gasteiger partial charge is 0.328 e. The number of carboxylic acid groups (broad SMARTS) is 1. The van der Waals surface area contributed by atoms with Crippen molar-refractivity contribution in [2.24, 2.45) is 17.4 Å². The lowest BCUT2D eigenvalue weighted by Gasteiger charge is -2.26. The lowest BCUT2D eigenvalue weighted by Crippen LogP contribution is -2.58. The minimum atomic E-state index is -1.42. The Kier molecular flexibility index (Phi) is 8.78. The van der Waals surface area contributed by atoms with Crippen LogP contribution in [0.1, 0.15) is 47.0 Å². The second-order valence-corrected chi connectivity index (χ2v) is 6.53. The van der Waals surface area contributed by atoms with Gasteiger partial charge in [0.1, 0.15) is 11.6 Å². The third kappa shape index (κ3) is 7.43. The van der Waals surface area contributed by atoms with Gasteiger partial charge in [0.15, 0.2) is 0 Å². The summed E-state index contributed by atoms with van der Waals surface area (Å²) in [5, 5.41) is 14.1. The molecule has 0 radical (unpaired) electrons. The first-order valence-electron chi connectivity index (χ1n) is 7.84. The third-order valence-corrected chi connectivity index (χ3v) is 3.57. The maximum absolute atomic E-state index is 12.3. The van der Waals surface area contributed by atoms with Crippen molar-refractivity contribution in [2.45, 2.75) is 64.6 Å². The van der Waals surface area contributed by atoms with Crippen LogP contribution < -0.4 is 22.1 Å². The van der Waals surface area contributed by atoms with Crippen LogP contribution in [0.25, 0.3) is 0 Å². The summed E-state index contributed by atoms with van der Waals surface area (Å²) in [5.74, 6) is -2.20. The molecule has 0 fully saturated rings. The molecule has 0 aliphatic rings. The van der Waals surface area contributed by atoms with E-state index in [9.17, 15) is 14.4 Å². The van der Waals surface area contributed by atoms with Gasteiger partial charge in [0.25, 0.3) is 0 Å². The zero-order chi connectivity index (χ0) is 18.2. The number of amides is 2. The number of carbonyl (C=O) groups excluding carboxylic acids is 2. The number of rotatable bonds is 10. The number of unbranched alkanes of at least 4 members (excludes halogenated alkanes) is 1. The fourth-order valence-electron chi connectivity index (χ4n) is 1.78. The minimum Gasteiger partial charge on any atom is -0.480 e. The Morgan fingerprint density at radius 2 is 1.70 bits per heavy atom. The molecule has 0 saturated carbocycles. The van der Waals surface area contributed by atoms with Gasteiger partial charge in [-0.3, -0.25) is 9.59 Å². The lowest BCUT2D eigenvalue weighted by atomic mass is 10.0. The highest BCUT2D eigenvalue weighted by atomic mass is 16.4. The molecule has 0 aliphatic carbocycles. The first kappa shape index (κ1) is 21.3. The van der Waals surface area contributed by atoms with Gasteiger partial charge in [0.2, 0.25) is 11.8 Å². The first-order chi connectivity index (χ1) is 10.5. The van der Waals surface area contributed by atoms with Crippen LogP contribution in [0.2, 0.25) is 0 Å². The largest absolute Gasteiger partial charge is 0.480 e. The highest BCUT2D eigenvalue weighted by Gasteiger charge is 2.33. The number of hydrogen-bond donors (Lipinski definition) is 5. The van der Waals surface area contributed by atoms with Crippen molar-refractivity contribution in [3.63, 3.8) is 0 Å². The third-order valence-electron chi connectivity index (χ3n) is 3.57. The molecule has 0 aliphatic heterocycles. The lowest BCUT2D eigenvalue weighted by molar-refractivity contribution is -0.146. The Morgan fingerprint density at radius 3 is 2.13 bits per heavy atom. The molecule has 134 valence electrons. The van der Waals surface area contributed by atoms with Crippen LogP contribution in [-0.2, 0) is 14.4 Å². The van der Waals surface area contributed by atoms with Crippen LogP contribution in [-0.4, -0.2) is 47.1 Å². The van der Waals surface area contributed by atoms with Gasteiger partial charge >= 0.3 is 5.97 Å². The Balaban J connectivity index is 4.95. The van der Waals surface area contributed by atoms with Crippen LogP contribution in [0.15, 0.2) is 0 Å². The van der Waals surface area contributed by atoms with Crippen LogP contribution >= 0.6 is 0 Å². The summed E-state index contributed by atoms with van der Waals surface area (Å²) in [6.45, 7) is 6.86. The fourth-order valence-corrected chi connectivity index (χ4v) is 1.78. The molecule has 0 aromatic carbocycles. The predicted octanol–water partition coefficient (Wildman–Crippen LogP) is -0.437. The van der Waals surface area contributed by atoms with E-state index in [0.29, 0.717) is 25.8 Å². The molecule has 7 N–H and O–H groups in total. The van der Waals surface area contributed by atoms with E-state index in [1.165, 1.54) is 13.8 Å². The molecule has 0 rings (SSSR count). The van der Waals surface area contributed by atoms with Crippen LogP contribution in [0.3, 0.4) is 0 Å². The summed E-state index contributed by atoms with van der Waals surface area (Å²) < 4.78 is 0. The van der Waals surface area contributed by atoms with Crippen LogP contribution in [0.4, 0.5) is 0 Å². The first-order valence-corrected chi connectivity index (χ1v) is 7.84. The number of carbonyl (C=O) groups is 3. The molecular weight excluding hydrogens is 300 g/mol. The SMILES string of the molecule is CC(C)[C@H](N)C(=O)N[C@@H](CCCCN)C(=O)NC(C)(C)C(=O)O. The summed E-state index contributed by atoms with van der Waals surface area (Å²) in [6, 6.07) is -1.57. The van der Waals surface area contributed by atoms with Gasteiger partial charge in [-0.2, -0.15) is 0 Å². The highest BCUT2D eigenvalue weighted by molar-refractivity contribution is 5.92. The number of nitrogens with two attached hydrogens (primary N) is 2. The van der Waals surface area contributed by atoms with Crippen molar-refractivity contribution in [1.29, 1.82) is 0 Å². The van der Waals surface area contributed by atoms with Crippen molar-refractivity contribution < 1.29 is 19.5 Å². The average molecular weight is 330 g/mol. The van der Waals surface area contributed by atoms with E-state index >= 15 is 0 Å². The standard InChI is InChI=1S/C15H30N4O4/c1-9(2)11(17)13(21)18-10(7-5-6-8-16)12(20)19-15(3,4)14(22)23/h9-11H,5-8,16-17H2,1-4H3,(H,18,21)(H,19,20)(H,22,23)/t10-,11-/m0/s1. The van der Waals surface area contributed by atoms with Crippen molar-refractivity contribution >= 4 is 17.8 Å². The summed E-state index contributed by atoms with van der Waals surface area (Å²) in [6.07, 6.45) is 1.72. The molecule has 0 heterocycles. The van der Waals surface area contributed by atoms with E-state index in [0.717, 1.165) is 0 Å². The topological polar surface area (TPSA) is 148 Å². The summed E-state index contributed by atoms with van der Waals surface area (Å²) in [7, 11) is 0. The Hall–Kier alpha value is -1.67. The van der Waals surface area contributed by atoms with E-state index in [1.54, 1.807) is 13.8 Å². The van der Waals surface area contributed by atoms with E-state index in [4.69, 9.17) is 16.6 Å². The Labute approximate surface area is 137 Å². The summed E-state index contributed by atoms with van der Waals surface area (Å²) >= 11 is 0. The van der Waals surface area contributed by atoms with Crippen LogP contribution in [0.5, 0.6) is 0 Å². The molecule has 2 amide bonds. The second-order valence-electron chi connectivity index (χ2n) is 6.53. The van der Waals surface area contributed by atoms with Gasteiger partial charge in [0, 0.05) is 0 Å². The van der Waals surface area contributed by atoms with Crippen molar-refractivity contribution in [3.8, 4) is 0 Å². The van der Waals surface area contributed by atoms with E-state index < -0.39 is 35.4 Å². The highest BCUT2D eigenvalue weighted by Crippen LogP contribution is 2.07. The van der Waals surface area contributed by atoms with Gasteiger partial charge in [-0.15, -0.1) is 0 Å². The molecule has 0 spiro atoms. The Bertz CT molecular complexity index is 424. The monoisotopic (exact) mass is 330 g/mol. The molecular formula is C15H30N4O4. The van der Waals surface area contributed by atoms with Gasteiger partial charge < -0.3 is 27.2 Å². The zero-order valence-corrected chi connectivity index (χ0v) is 14.4. The van der Waals surface area contributed by atoms with Crippen molar-refractivity contribution in [1.82, 2.24) is 10.6 Å². The quantitative estimate of drug-likeness (QED) is 0.343. The molecule has 2 atom stereocenters. The normalized spacial score (nSPS) is 14.2. The zero-order valence-electron chi connectivity index (χ0n) is 14.4. The number of nitrogens with one attached hydrogen (secondary N) is 2. The molecule has 0 aromatic heterocycles. The number of carboxylic acids is 1. The van der Waals surface area contributed by atoms with Crippen molar-refractivity contribution in [2.75, 3.05) is 6.54 Å². The van der Waals surface area contributed by atoms with Gasteiger partial charge in [-0.25, -0.2) is 4.79 Å². The summed E-state index contributed by atoms with van der Waals surface area (Å²) in [4.78, 5) is 35.5. The second kappa shape index (κ2) is 9.46. The molecule has 0 unspecified atom stereocenters. The molecule has 0 aromatic rings. The van der Waals surface area contributed by atoms with E-state index in [-0.39, 0.29) is 5.92 Å². The molecule has 0 bridgehead atoms. The number of aliphatic carboxylic acids is 1. The van der Waals surface area contributed by atoms with E-state index in [1.807, 2.05) is 0 Å². The van der Waals surface area contributed by atoms with Gasteiger partial charge in [0.05, 0.1) is 6.04 Å². The van der Waals surface area contributed by atoms with Crippen molar-refractivity contribution in [3.05, 3.63) is 0 Å². The fraction of sp³-hybridized carbons (Fsp3) is 0.800. The molecule has 23 heavy (non-hydrogen) atoms. The molecule has 8 nitrogen and oxygen atoms in total. The van der Waals surface area contributed by atoms with Gasteiger partial charge in [-0.05, 0) is 45.6 Å². The number of hydrogen-bond acceptors (Lipinski definition) is 5. The van der Waals surface area contributed by atoms with Crippen LogP contribution in [0, 0.1) is 5.92 Å². The molecule has 8 heteroatoms. The Morgan fingerprint density at radius 1 is 1.13 bits per heavy atom. The maximum atomic E-state index is 12.3. The predicted molar refractivity (Wildman–Crippen MR) is 87.5 cm³/mol. The average Bonchev–Trinajstić information content (AvgIpc) is 2.44. The van der Waals surface area contributed by atoms with E-state index in [2.05, 4.69) is 10.6 Å². The summed E-state index contributed by atoms with van der Waals surface area (Å²) in [5.41, 5.74) is 9.79. The van der Waals surface area contributed by atoms with Gasteiger partial charge in [-0.1, -0.05) is 13.8 Å². The minimum absolute atomic E-state index is 0.0711. The maximum Gasteiger partial charge on any atom is 0.328 e.